The van der Waals surface area contributed by atoms with E-state index in [2.05, 4.69) is 111 Å². The fourth-order valence-electron chi connectivity index (χ4n) is 5.15. The highest BCUT2D eigenvalue weighted by Gasteiger charge is 2.10. The zero-order valence-corrected chi connectivity index (χ0v) is 25.7. The van der Waals surface area contributed by atoms with Crippen molar-refractivity contribution in [2.75, 3.05) is 0 Å². The number of benzene rings is 5. The van der Waals surface area contributed by atoms with Gasteiger partial charge in [-0.25, -0.2) is 0 Å². The first-order chi connectivity index (χ1) is 21.1. The maximum absolute atomic E-state index is 7.44. The molecular formula is C40H38N2S. The van der Waals surface area contributed by atoms with Gasteiger partial charge in [-0.15, -0.1) is 11.3 Å². The number of rotatable bonds is 4. The van der Waals surface area contributed by atoms with E-state index in [4.69, 9.17) is 11.1 Å². The monoisotopic (exact) mass is 578 g/mol. The molecule has 0 amide bonds. The Morgan fingerprint density at radius 2 is 1.47 bits per heavy atom. The van der Waals surface area contributed by atoms with Gasteiger partial charge in [-0.05, 0) is 76.9 Å². The first-order valence-corrected chi connectivity index (χ1v) is 15.6. The molecule has 0 saturated heterocycles. The van der Waals surface area contributed by atoms with Gasteiger partial charge in [0.15, 0.2) is 0 Å². The Kier molecular flexibility index (Phi) is 10.1. The molecule has 43 heavy (non-hydrogen) atoms. The molecule has 5 aromatic carbocycles. The van der Waals surface area contributed by atoms with Crippen LogP contribution in [-0.2, 0) is 6.54 Å². The highest BCUT2D eigenvalue weighted by molar-refractivity contribution is 7.25. The quantitative estimate of drug-likeness (QED) is 0.201. The van der Waals surface area contributed by atoms with Gasteiger partial charge in [-0.1, -0.05) is 128 Å². The summed E-state index contributed by atoms with van der Waals surface area (Å²) in [4.78, 5) is 0. The average Bonchev–Trinajstić information content (AvgIpc) is 3.46. The normalized spacial score (nSPS) is 13.8. The molecule has 0 saturated carbocycles. The largest absolute Gasteiger partial charge is 0.326 e. The van der Waals surface area contributed by atoms with E-state index >= 15 is 0 Å². The summed E-state index contributed by atoms with van der Waals surface area (Å²) >= 11 is 1.84. The summed E-state index contributed by atoms with van der Waals surface area (Å²) in [5.41, 5.74) is 14.0. The molecule has 1 heterocycles. The number of fused-ring (bicyclic) bond motifs is 3. The van der Waals surface area contributed by atoms with Crippen molar-refractivity contribution >= 4 is 37.7 Å². The standard InChI is InChI=1S/C19H13NS.C13H13N.C8H12/c20-12-13-5-3-6-14(11-13)15-8-4-10-18-19(15)16-7-1-2-9-17(16)21-18;14-10-11-5-4-8-13(9-11)12-6-2-1-3-7-12;1-7-3-5-8(2)6-4-7/h1-12,20H;1-9H,10,14H2;3-5,8H,6H2,1-2H3. The maximum Gasteiger partial charge on any atom is 0.0361 e. The molecule has 1 aliphatic carbocycles. The van der Waals surface area contributed by atoms with Crippen LogP contribution < -0.4 is 5.73 Å². The van der Waals surface area contributed by atoms with E-state index in [0.717, 1.165) is 11.5 Å². The van der Waals surface area contributed by atoms with Gasteiger partial charge in [0.05, 0.1) is 0 Å². The van der Waals surface area contributed by atoms with Gasteiger partial charge >= 0.3 is 0 Å². The lowest BCUT2D eigenvalue weighted by Crippen LogP contribution is -1.95. The van der Waals surface area contributed by atoms with Gasteiger partial charge in [-0.3, -0.25) is 0 Å². The fraction of sp³-hybridized carbons (Fsp3) is 0.125. The minimum absolute atomic E-state index is 0.598. The van der Waals surface area contributed by atoms with Crippen molar-refractivity contribution in [2.45, 2.75) is 26.8 Å². The van der Waals surface area contributed by atoms with Crippen LogP contribution in [0, 0.1) is 11.3 Å². The van der Waals surface area contributed by atoms with Crippen LogP contribution in [0.15, 0.2) is 145 Å². The molecule has 0 aliphatic heterocycles. The topological polar surface area (TPSA) is 49.9 Å². The Balaban J connectivity index is 0.000000144. The number of hydrogen-bond donors (Lipinski definition) is 2. The SMILES string of the molecule is CC1=CCC(C)C=C1.N=Cc1cccc(-c2cccc3sc4ccccc4c23)c1.NCc1cccc(-c2ccccc2)c1. The summed E-state index contributed by atoms with van der Waals surface area (Å²) in [7, 11) is 0. The number of thiophene rings is 1. The summed E-state index contributed by atoms with van der Waals surface area (Å²) in [5.74, 6) is 0.763. The fourth-order valence-corrected chi connectivity index (χ4v) is 6.29. The molecule has 3 heteroatoms. The second-order valence-electron chi connectivity index (χ2n) is 10.8. The zero-order valence-electron chi connectivity index (χ0n) is 24.8. The van der Waals surface area contributed by atoms with Gasteiger partial charge in [-0.2, -0.15) is 0 Å². The molecule has 0 bridgehead atoms. The van der Waals surface area contributed by atoms with Crippen LogP contribution in [0.2, 0.25) is 0 Å². The van der Waals surface area contributed by atoms with Crippen molar-refractivity contribution < 1.29 is 0 Å². The first-order valence-electron chi connectivity index (χ1n) is 14.8. The Morgan fingerprint density at radius 3 is 2.21 bits per heavy atom. The molecule has 1 aliphatic rings. The molecule has 7 rings (SSSR count). The highest BCUT2D eigenvalue weighted by Crippen LogP contribution is 2.39. The number of nitrogens with one attached hydrogen (secondary N) is 1. The van der Waals surface area contributed by atoms with E-state index in [1.807, 2.05) is 53.8 Å². The maximum atomic E-state index is 7.44. The van der Waals surface area contributed by atoms with Crippen molar-refractivity contribution in [3.63, 3.8) is 0 Å². The summed E-state index contributed by atoms with van der Waals surface area (Å²) in [6.45, 7) is 4.97. The van der Waals surface area contributed by atoms with Crippen LogP contribution in [-0.4, -0.2) is 6.21 Å². The van der Waals surface area contributed by atoms with E-state index < -0.39 is 0 Å². The minimum Gasteiger partial charge on any atom is -0.326 e. The number of hydrogen-bond acceptors (Lipinski definition) is 3. The van der Waals surface area contributed by atoms with E-state index in [9.17, 15) is 0 Å². The van der Waals surface area contributed by atoms with Gasteiger partial charge in [0.2, 0.25) is 0 Å². The van der Waals surface area contributed by atoms with Crippen LogP contribution in [0.5, 0.6) is 0 Å². The second-order valence-corrected chi connectivity index (χ2v) is 11.9. The smallest absolute Gasteiger partial charge is 0.0361 e. The average molecular weight is 579 g/mol. The van der Waals surface area contributed by atoms with E-state index in [1.165, 1.54) is 66.2 Å². The van der Waals surface area contributed by atoms with Gasteiger partial charge in [0.1, 0.15) is 0 Å². The Morgan fingerprint density at radius 1 is 0.767 bits per heavy atom. The van der Waals surface area contributed by atoms with Crippen LogP contribution in [0.4, 0.5) is 0 Å². The van der Waals surface area contributed by atoms with Gasteiger partial charge in [0.25, 0.3) is 0 Å². The lowest BCUT2D eigenvalue weighted by atomic mass is 9.98. The van der Waals surface area contributed by atoms with Crippen LogP contribution in [0.25, 0.3) is 42.4 Å². The molecular weight excluding hydrogens is 541 g/mol. The summed E-state index contributed by atoms with van der Waals surface area (Å²) in [6.07, 6.45) is 9.35. The molecule has 0 radical (unpaired) electrons. The van der Waals surface area contributed by atoms with Crippen molar-refractivity contribution in [3.05, 3.63) is 156 Å². The molecule has 1 unspecified atom stereocenters. The minimum atomic E-state index is 0.598. The molecule has 2 nitrogen and oxygen atoms in total. The van der Waals surface area contributed by atoms with Crippen LogP contribution in [0.1, 0.15) is 31.4 Å². The third-order valence-corrected chi connectivity index (χ3v) is 8.67. The van der Waals surface area contributed by atoms with Crippen LogP contribution in [0.3, 0.4) is 0 Å². The van der Waals surface area contributed by atoms with Crippen molar-refractivity contribution in [1.82, 2.24) is 0 Å². The van der Waals surface area contributed by atoms with Gasteiger partial charge < -0.3 is 11.1 Å². The van der Waals surface area contributed by atoms with E-state index in [0.29, 0.717) is 6.54 Å². The van der Waals surface area contributed by atoms with Gasteiger partial charge in [0, 0.05) is 32.9 Å². The molecule has 1 aromatic heterocycles. The highest BCUT2D eigenvalue weighted by atomic mass is 32.1. The Bertz CT molecular complexity index is 1880. The van der Waals surface area contributed by atoms with Crippen molar-refractivity contribution in [1.29, 1.82) is 5.41 Å². The molecule has 0 spiro atoms. The molecule has 1 atom stereocenters. The summed E-state index contributed by atoms with van der Waals surface area (Å²) in [6, 6.07) is 41.9. The van der Waals surface area contributed by atoms with E-state index in [-0.39, 0.29) is 0 Å². The predicted molar refractivity (Wildman–Crippen MR) is 189 cm³/mol. The zero-order chi connectivity index (χ0) is 30.0. The third-order valence-electron chi connectivity index (χ3n) is 7.54. The molecule has 214 valence electrons. The Labute approximate surface area is 259 Å². The lowest BCUT2D eigenvalue weighted by molar-refractivity contribution is 0.731. The van der Waals surface area contributed by atoms with Crippen molar-refractivity contribution in [3.8, 4) is 22.3 Å². The Hall–Kier alpha value is -4.57. The predicted octanol–water partition coefficient (Wildman–Crippen LogP) is 11.1. The molecule has 6 aromatic rings. The first kappa shape index (κ1) is 29.9. The summed E-state index contributed by atoms with van der Waals surface area (Å²) < 4.78 is 2.64. The van der Waals surface area contributed by atoms with Crippen LogP contribution >= 0.6 is 11.3 Å². The number of allylic oxidation sites excluding steroid dienone is 4. The summed E-state index contributed by atoms with van der Waals surface area (Å²) in [5, 5.41) is 10.1. The van der Waals surface area contributed by atoms with E-state index in [1.54, 1.807) is 0 Å². The lowest BCUT2D eigenvalue weighted by Gasteiger charge is -2.06. The second kappa shape index (κ2) is 14.6. The van der Waals surface area contributed by atoms with Crippen molar-refractivity contribution in [2.24, 2.45) is 11.7 Å². The third kappa shape index (κ3) is 7.64. The number of nitrogens with two attached hydrogens (primary N) is 1. The molecule has 0 fully saturated rings. The molecule has 3 N–H and O–H groups in total.